The van der Waals surface area contributed by atoms with Gasteiger partial charge in [0.2, 0.25) is 11.0 Å². The van der Waals surface area contributed by atoms with E-state index >= 15 is 0 Å². The molecule has 1 N–H and O–H groups in total. The van der Waals surface area contributed by atoms with Crippen LogP contribution in [0.4, 0.5) is 5.13 Å². The highest BCUT2D eigenvalue weighted by Gasteiger charge is 2.26. The van der Waals surface area contributed by atoms with Gasteiger partial charge in [-0.05, 0) is 31.6 Å². The molecule has 0 bridgehead atoms. The van der Waals surface area contributed by atoms with E-state index in [1.54, 1.807) is 11.8 Å². The van der Waals surface area contributed by atoms with Crippen molar-refractivity contribution >= 4 is 34.1 Å². The summed E-state index contributed by atoms with van der Waals surface area (Å²) in [6, 6.07) is 0. The highest BCUT2D eigenvalue weighted by atomic mass is 32.2. The summed E-state index contributed by atoms with van der Waals surface area (Å²) in [6.45, 7) is 6.50. The van der Waals surface area contributed by atoms with Crippen molar-refractivity contribution in [3.8, 4) is 0 Å². The minimum Gasteiger partial charge on any atom is -0.300 e. The normalized spacial score (nSPS) is 22.0. The Balaban J connectivity index is 1.77. The lowest BCUT2D eigenvalue weighted by atomic mass is 9.79. The van der Waals surface area contributed by atoms with Gasteiger partial charge in [0.05, 0.1) is 0 Å². The maximum Gasteiger partial charge on any atom is 0.229 e. The molecule has 0 atom stereocenters. The van der Waals surface area contributed by atoms with E-state index in [4.69, 9.17) is 0 Å². The van der Waals surface area contributed by atoms with Gasteiger partial charge in [-0.3, -0.25) is 4.79 Å². The monoisotopic (exact) mass is 341 g/mol. The van der Waals surface area contributed by atoms with E-state index in [2.05, 4.69) is 36.3 Å². The molecule has 0 aromatic carbocycles. The summed E-state index contributed by atoms with van der Waals surface area (Å²) in [5.74, 6) is 1.12. The average Bonchev–Trinajstić information content (AvgIpc) is 2.91. The number of rotatable bonds is 7. The Morgan fingerprint density at radius 1 is 1.32 bits per heavy atom. The van der Waals surface area contributed by atoms with Gasteiger partial charge in [-0.1, -0.05) is 63.1 Å². The van der Waals surface area contributed by atoms with Gasteiger partial charge in [-0.15, -0.1) is 10.2 Å². The van der Waals surface area contributed by atoms with E-state index in [0.29, 0.717) is 10.4 Å². The third-order valence-electron chi connectivity index (χ3n) is 4.16. The Morgan fingerprint density at radius 3 is 2.68 bits per heavy atom. The number of aromatic nitrogens is 2. The second-order valence-electron chi connectivity index (χ2n) is 6.39. The lowest BCUT2D eigenvalue weighted by molar-refractivity contribution is -0.121. The van der Waals surface area contributed by atoms with Crippen molar-refractivity contribution in [2.24, 2.45) is 11.8 Å². The van der Waals surface area contributed by atoms with Crippen molar-refractivity contribution in [2.45, 2.75) is 75.3 Å². The molecular weight excluding hydrogens is 314 g/mol. The molecule has 22 heavy (non-hydrogen) atoms. The lowest BCUT2D eigenvalue weighted by Crippen LogP contribution is -2.27. The van der Waals surface area contributed by atoms with Crippen LogP contribution in [0.5, 0.6) is 0 Å². The van der Waals surface area contributed by atoms with Gasteiger partial charge in [0.1, 0.15) is 0 Å². The van der Waals surface area contributed by atoms with Gasteiger partial charge in [0.25, 0.3) is 0 Å². The van der Waals surface area contributed by atoms with E-state index < -0.39 is 0 Å². The molecule has 1 aliphatic rings. The second-order valence-corrected chi connectivity index (χ2v) is 9.19. The summed E-state index contributed by atoms with van der Waals surface area (Å²) in [5.41, 5.74) is 0. The van der Waals surface area contributed by atoms with Crippen molar-refractivity contribution in [3.63, 3.8) is 0 Å². The maximum absolute atomic E-state index is 12.3. The Bertz CT molecular complexity index is 468. The molecule has 6 heteroatoms. The summed E-state index contributed by atoms with van der Waals surface area (Å²) >= 11 is 3.16. The third kappa shape index (κ3) is 5.54. The van der Waals surface area contributed by atoms with Gasteiger partial charge in [0, 0.05) is 11.2 Å². The first-order valence-corrected chi connectivity index (χ1v) is 10.1. The predicted molar refractivity (Wildman–Crippen MR) is 94.5 cm³/mol. The van der Waals surface area contributed by atoms with Gasteiger partial charge < -0.3 is 5.32 Å². The molecule has 0 spiro atoms. The minimum atomic E-state index is 0.131. The standard InChI is InChI=1S/C16H27N3OS2/c1-4-5-6-12-7-9-13(10-8-12)14(20)17-15-18-19-16(22-15)21-11(2)3/h11-13H,4-10H2,1-3H3,(H,17,18,20). The van der Waals surface area contributed by atoms with E-state index in [1.165, 1.54) is 43.4 Å². The Labute approximate surface area is 141 Å². The van der Waals surface area contributed by atoms with Gasteiger partial charge >= 0.3 is 0 Å². The van der Waals surface area contributed by atoms with Crippen LogP contribution in [0.1, 0.15) is 65.7 Å². The highest BCUT2D eigenvalue weighted by Crippen LogP contribution is 2.33. The Hall–Kier alpha value is -0.620. The first kappa shape index (κ1) is 17.7. The smallest absolute Gasteiger partial charge is 0.229 e. The highest BCUT2D eigenvalue weighted by molar-refractivity contribution is 8.01. The van der Waals surface area contributed by atoms with E-state index in [1.807, 2.05) is 0 Å². The summed E-state index contributed by atoms with van der Waals surface area (Å²) in [6.07, 6.45) is 8.36. The molecule has 1 amide bonds. The lowest BCUT2D eigenvalue weighted by Gasteiger charge is -2.27. The van der Waals surface area contributed by atoms with E-state index in [0.717, 1.165) is 23.1 Å². The molecule has 1 heterocycles. The quantitative estimate of drug-likeness (QED) is 0.562. The number of nitrogens with one attached hydrogen (secondary N) is 1. The fourth-order valence-corrected chi connectivity index (χ4v) is 4.90. The molecule has 1 saturated carbocycles. The van der Waals surface area contributed by atoms with Crippen LogP contribution in [0.3, 0.4) is 0 Å². The molecule has 1 fully saturated rings. The molecule has 2 rings (SSSR count). The third-order valence-corrected chi connectivity index (χ3v) is 6.08. The maximum atomic E-state index is 12.3. The van der Waals surface area contributed by atoms with Crippen LogP contribution in [0.15, 0.2) is 4.34 Å². The Kier molecular flexibility index (Phi) is 7.15. The molecule has 0 unspecified atom stereocenters. The summed E-state index contributed by atoms with van der Waals surface area (Å²) in [4.78, 5) is 12.3. The number of amides is 1. The first-order valence-electron chi connectivity index (χ1n) is 8.39. The first-order chi connectivity index (χ1) is 10.6. The van der Waals surface area contributed by atoms with Gasteiger partial charge in [-0.25, -0.2) is 0 Å². The molecule has 0 radical (unpaired) electrons. The van der Waals surface area contributed by atoms with Crippen LogP contribution in [0.2, 0.25) is 0 Å². The zero-order valence-corrected chi connectivity index (χ0v) is 15.4. The molecule has 0 saturated heterocycles. The zero-order chi connectivity index (χ0) is 15.9. The van der Waals surface area contributed by atoms with Crippen LogP contribution >= 0.6 is 23.1 Å². The topological polar surface area (TPSA) is 54.9 Å². The summed E-state index contributed by atoms with van der Waals surface area (Å²) in [7, 11) is 0. The molecular formula is C16H27N3OS2. The van der Waals surface area contributed by atoms with E-state index in [9.17, 15) is 4.79 Å². The van der Waals surface area contributed by atoms with Crippen molar-refractivity contribution in [1.29, 1.82) is 0 Å². The van der Waals surface area contributed by atoms with Crippen molar-refractivity contribution in [3.05, 3.63) is 0 Å². The van der Waals surface area contributed by atoms with Crippen LogP contribution < -0.4 is 5.32 Å². The fraction of sp³-hybridized carbons (Fsp3) is 0.812. The minimum absolute atomic E-state index is 0.131. The zero-order valence-electron chi connectivity index (χ0n) is 13.8. The number of hydrogen-bond donors (Lipinski definition) is 1. The predicted octanol–water partition coefficient (Wildman–Crippen LogP) is 4.97. The second kappa shape index (κ2) is 8.87. The van der Waals surface area contributed by atoms with Crippen molar-refractivity contribution in [1.82, 2.24) is 10.2 Å². The molecule has 124 valence electrons. The van der Waals surface area contributed by atoms with Crippen LogP contribution in [0, 0.1) is 11.8 Å². The fourth-order valence-electron chi connectivity index (χ4n) is 2.92. The van der Waals surface area contributed by atoms with E-state index in [-0.39, 0.29) is 11.8 Å². The molecule has 4 nitrogen and oxygen atoms in total. The van der Waals surface area contributed by atoms with Crippen molar-refractivity contribution in [2.75, 3.05) is 5.32 Å². The number of anilines is 1. The molecule has 0 aliphatic heterocycles. The molecule has 1 aromatic heterocycles. The summed E-state index contributed by atoms with van der Waals surface area (Å²) in [5, 5.41) is 12.3. The number of nitrogens with zero attached hydrogens (tertiary/aromatic N) is 2. The summed E-state index contributed by atoms with van der Waals surface area (Å²) < 4.78 is 0.925. The number of carbonyl (C=O) groups excluding carboxylic acids is 1. The molecule has 1 aliphatic carbocycles. The molecule has 1 aromatic rings. The Morgan fingerprint density at radius 2 is 2.05 bits per heavy atom. The number of hydrogen-bond acceptors (Lipinski definition) is 5. The van der Waals surface area contributed by atoms with Crippen LogP contribution in [-0.4, -0.2) is 21.4 Å². The van der Waals surface area contributed by atoms with Crippen LogP contribution in [-0.2, 0) is 4.79 Å². The van der Waals surface area contributed by atoms with Gasteiger partial charge in [0.15, 0.2) is 4.34 Å². The average molecular weight is 342 g/mol. The largest absolute Gasteiger partial charge is 0.300 e. The van der Waals surface area contributed by atoms with Gasteiger partial charge in [-0.2, -0.15) is 0 Å². The number of carbonyl (C=O) groups is 1. The SMILES string of the molecule is CCCCC1CCC(C(=O)Nc2nnc(SC(C)C)s2)CC1. The van der Waals surface area contributed by atoms with Crippen molar-refractivity contribution < 1.29 is 4.79 Å². The number of thioether (sulfide) groups is 1. The van der Waals surface area contributed by atoms with Crippen LogP contribution in [0.25, 0.3) is 0 Å². The number of unbranched alkanes of at least 4 members (excludes halogenated alkanes) is 1.